The number of pyridine rings is 1. The van der Waals surface area contributed by atoms with E-state index in [1.54, 1.807) is 6.20 Å². The van der Waals surface area contributed by atoms with Crippen LogP contribution in [-0.2, 0) is 0 Å². The van der Waals surface area contributed by atoms with E-state index in [1.807, 2.05) is 12.1 Å². The van der Waals surface area contributed by atoms with Gasteiger partial charge in [-0.25, -0.2) is 4.98 Å². The third kappa shape index (κ3) is 2.21. The molecule has 15 heavy (non-hydrogen) atoms. The van der Waals surface area contributed by atoms with Gasteiger partial charge in [-0.3, -0.25) is 0 Å². The molecule has 2 rings (SSSR count). The molecular formula is C11H18N4. The number of likely N-dealkylation sites (N-methyl/N-ethyl adjacent to an activating group) is 1. The van der Waals surface area contributed by atoms with Gasteiger partial charge in [-0.2, -0.15) is 0 Å². The van der Waals surface area contributed by atoms with Crippen molar-refractivity contribution < 1.29 is 0 Å². The van der Waals surface area contributed by atoms with E-state index in [2.05, 4.69) is 28.8 Å². The molecule has 0 radical (unpaired) electrons. The Kier molecular flexibility index (Phi) is 2.77. The molecule has 0 amide bonds. The molecule has 1 unspecified atom stereocenters. The fraction of sp³-hybridized carbons (Fsp3) is 0.545. The number of nitrogens with two attached hydrogens (primary N) is 1. The number of hydrogen-bond donors (Lipinski definition) is 1. The van der Waals surface area contributed by atoms with Crippen LogP contribution in [0.15, 0.2) is 18.3 Å². The zero-order valence-electron chi connectivity index (χ0n) is 9.35. The third-order valence-electron chi connectivity index (χ3n) is 3.05. The largest absolute Gasteiger partial charge is 0.399 e. The molecule has 4 heteroatoms. The average molecular weight is 206 g/mol. The fourth-order valence-corrected chi connectivity index (χ4v) is 1.86. The minimum Gasteiger partial charge on any atom is -0.399 e. The number of piperazine rings is 1. The zero-order chi connectivity index (χ0) is 10.8. The van der Waals surface area contributed by atoms with Crippen molar-refractivity contribution >= 4 is 11.5 Å². The highest BCUT2D eigenvalue weighted by atomic mass is 15.3. The van der Waals surface area contributed by atoms with Crippen molar-refractivity contribution in [3.05, 3.63) is 18.3 Å². The van der Waals surface area contributed by atoms with Crippen LogP contribution in [-0.4, -0.2) is 42.6 Å². The van der Waals surface area contributed by atoms with Crippen LogP contribution in [0, 0.1) is 0 Å². The predicted molar refractivity (Wildman–Crippen MR) is 63.0 cm³/mol. The van der Waals surface area contributed by atoms with Crippen molar-refractivity contribution in [3.63, 3.8) is 0 Å². The van der Waals surface area contributed by atoms with Gasteiger partial charge < -0.3 is 15.5 Å². The van der Waals surface area contributed by atoms with E-state index in [0.29, 0.717) is 6.04 Å². The van der Waals surface area contributed by atoms with Crippen LogP contribution in [0.1, 0.15) is 6.92 Å². The molecule has 0 bridgehead atoms. The second-order valence-corrected chi connectivity index (χ2v) is 4.22. The highest BCUT2D eigenvalue weighted by Gasteiger charge is 2.21. The van der Waals surface area contributed by atoms with Gasteiger partial charge in [0.2, 0.25) is 0 Å². The molecule has 0 saturated carbocycles. The van der Waals surface area contributed by atoms with Gasteiger partial charge in [0.25, 0.3) is 0 Å². The summed E-state index contributed by atoms with van der Waals surface area (Å²) in [5, 5.41) is 0. The van der Waals surface area contributed by atoms with Gasteiger partial charge in [0, 0.05) is 43.6 Å². The lowest BCUT2D eigenvalue weighted by molar-refractivity contribution is 0.233. The van der Waals surface area contributed by atoms with Crippen molar-refractivity contribution in [2.75, 3.05) is 37.3 Å². The maximum Gasteiger partial charge on any atom is 0.130 e. The van der Waals surface area contributed by atoms with Crippen LogP contribution in [0.2, 0.25) is 0 Å². The smallest absolute Gasteiger partial charge is 0.130 e. The zero-order valence-corrected chi connectivity index (χ0v) is 9.35. The number of nitrogens with zero attached hydrogens (tertiary/aromatic N) is 3. The van der Waals surface area contributed by atoms with Crippen molar-refractivity contribution in [1.82, 2.24) is 9.88 Å². The predicted octanol–water partition coefficient (Wildman–Crippen LogP) is 0.804. The van der Waals surface area contributed by atoms with E-state index in [9.17, 15) is 0 Å². The topological polar surface area (TPSA) is 45.4 Å². The molecule has 2 N–H and O–H groups in total. The Morgan fingerprint density at radius 3 is 2.93 bits per heavy atom. The lowest BCUT2D eigenvalue weighted by Crippen LogP contribution is -2.50. The Bertz CT molecular complexity index is 339. The van der Waals surface area contributed by atoms with Crippen molar-refractivity contribution in [3.8, 4) is 0 Å². The molecule has 1 atom stereocenters. The monoisotopic (exact) mass is 206 g/mol. The molecule has 1 fully saturated rings. The van der Waals surface area contributed by atoms with Gasteiger partial charge in [-0.1, -0.05) is 0 Å². The Hall–Kier alpha value is -1.29. The summed E-state index contributed by atoms with van der Waals surface area (Å²) in [5.41, 5.74) is 6.53. The first-order valence-electron chi connectivity index (χ1n) is 5.33. The van der Waals surface area contributed by atoms with E-state index < -0.39 is 0 Å². The van der Waals surface area contributed by atoms with E-state index in [-0.39, 0.29) is 0 Å². The van der Waals surface area contributed by atoms with Crippen LogP contribution in [0.4, 0.5) is 11.5 Å². The third-order valence-corrected chi connectivity index (χ3v) is 3.05. The summed E-state index contributed by atoms with van der Waals surface area (Å²) in [7, 11) is 2.16. The minimum atomic E-state index is 0.571. The van der Waals surface area contributed by atoms with E-state index in [4.69, 9.17) is 5.73 Å². The van der Waals surface area contributed by atoms with Gasteiger partial charge in [-0.15, -0.1) is 0 Å². The summed E-state index contributed by atoms with van der Waals surface area (Å²) in [5.74, 6) is 0.995. The molecule has 0 aliphatic carbocycles. The first-order valence-corrected chi connectivity index (χ1v) is 5.33. The first kappa shape index (κ1) is 10.2. The molecule has 1 aromatic rings. The summed E-state index contributed by atoms with van der Waals surface area (Å²) in [4.78, 5) is 9.01. The van der Waals surface area contributed by atoms with Gasteiger partial charge in [0.15, 0.2) is 0 Å². The summed E-state index contributed by atoms with van der Waals surface area (Å²) < 4.78 is 0. The van der Waals surface area contributed by atoms with Gasteiger partial charge in [0.05, 0.1) is 0 Å². The first-order chi connectivity index (χ1) is 7.16. The molecule has 0 spiro atoms. The minimum absolute atomic E-state index is 0.571. The van der Waals surface area contributed by atoms with Crippen LogP contribution in [0.5, 0.6) is 0 Å². The van der Waals surface area contributed by atoms with E-state index >= 15 is 0 Å². The van der Waals surface area contributed by atoms with Crippen LogP contribution < -0.4 is 10.6 Å². The maximum absolute atomic E-state index is 5.75. The van der Waals surface area contributed by atoms with Gasteiger partial charge in [-0.05, 0) is 20.0 Å². The van der Waals surface area contributed by atoms with Gasteiger partial charge in [0.1, 0.15) is 5.82 Å². The highest BCUT2D eigenvalue weighted by molar-refractivity contribution is 5.50. The molecule has 1 aromatic heterocycles. The van der Waals surface area contributed by atoms with E-state index in [1.165, 1.54) is 0 Å². The normalized spacial score (nSPS) is 23.1. The van der Waals surface area contributed by atoms with E-state index in [0.717, 1.165) is 31.1 Å². The molecule has 4 nitrogen and oxygen atoms in total. The average Bonchev–Trinajstić information content (AvgIpc) is 2.22. The molecule has 1 aliphatic rings. The molecule has 82 valence electrons. The number of nitrogen functional groups attached to an aromatic ring is 1. The number of anilines is 2. The SMILES string of the molecule is CC1CN(c2cc(N)ccn2)CCN1C. The highest BCUT2D eigenvalue weighted by Crippen LogP contribution is 2.17. The maximum atomic E-state index is 5.75. The van der Waals surface area contributed by atoms with Crippen molar-refractivity contribution in [2.24, 2.45) is 0 Å². The lowest BCUT2D eigenvalue weighted by Gasteiger charge is -2.38. The fourth-order valence-electron chi connectivity index (χ4n) is 1.86. The Morgan fingerprint density at radius 2 is 2.27 bits per heavy atom. The molecule has 1 saturated heterocycles. The Labute approximate surface area is 90.7 Å². The van der Waals surface area contributed by atoms with Crippen LogP contribution in [0.25, 0.3) is 0 Å². The van der Waals surface area contributed by atoms with Crippen LogP contribution >= 0.6 is 0 Å². The van der Waals surface area contributed by atoms with Gasteiger partial charge >= 0.3 is 0 Å². The summed E-state index contributed by atoms with van der Waals surface area (Å²) in [6.45, 7) is 5.36. The second-order valence-electron chi connectivity index (χ2n) is 4.22. The molecule has 1 aliphatic heterocycles. The molecule has 2 heterocycles. The quantitative estimate of drug-likeness (QED) is 0.738. The Morgan fingerprint density at radius 1 is 1.47 bits per heavy atom. The molecule has 0 aromatic carbocycles. The number of rotatable bonds is 1. The summed E-state index contributed by atoms with van der Waals surface area (Å²) in [6.07, 6.45) is 1.77. The molecular weight excluding hydrogens is 188 g/mol. The van der Waals surface area contributed by atoms with Crippen LogP contribution in [0.3, 0.4) is 0 Å². The summed E-state index contributed by atoms with van der Waals surface area (Å²) >= 11 is 0. The standard InChI is InChI=1S/C11H18N4/c1-9-8-15(6-5-14(9)2)11-7-10(12)3-4-13-11/h3-4,7,9H,5-6,8H2,1-2H3,(H2,12,13). The lowest BCUT2D eigenvalue weighted by atomic mass is 10.2. The Balaban J connectivity index is 2.12. The van der Waals surface area contributed by atoms with Crippen molar-refractivity contribution in [1.29, 1.82) is 0 Å². The second kappa shape index (κ2) is 4.06. The number of aromatic nitrogens is 1. The van der Waals surface area contributed by atoms with Crippen molar-refractivity contribution in [2.45, 2.75) is 13.0 Å². The summed E-state index contributed by atoms with van der Waals surface area (Å²) in [6, 6.07) is 4.34. The number of hydrogen-bond acceptors (Lipinski definition) is 4.